The number of carbonyl (C=O) groups excluding carboxylic acids is 1. The number of unbranched alkanes of at least 4 members (excludes halogenated alkanes) is 1. The first-order chi connectivity index (χ1) is 8.95. The van der Waals surface area contributed by atoms with Crippen molar-refractivity contribution >= 4 is 17.3 Å². The van der Waals surface area contributed by atoms with Crippen LogP contribution in [0.4, 0.5) is 11.4 Å². The summed E-state index contributed by atoms with van der Waals surface area (Å²) in [6, 6.07) is 4.02. The molecule has 0 aromatic heterocycles. The van der Waals surface area contributed by atoms with E-state index in [1.807, 2.05) is 6.92 Å². The van der Waals surface area contributed by atoms with Crippen LogP contribution >= 0.6 is 0 Å². The third-order valence-electron chi connectivity index (χ3n) is 2.81. The van der Waals surface area contributed by atoms with Crippen molar-refractivity contribution in [1.82, 2.24) is 0 Å². The van der Waals surface area contributed by atoms with Crippen LogP contribution in [0, 0.1) is 17.0 Å². The second kappa shape index (κ2) is 6.84. The van der Waals surface area contributed by atoms with E-state index in [2.05, 4.69) is 5.32 Å². The van der Waals surface area contributed by atoms with Gasteiger partial charge in [0, 0.05) is 6.07 Å². The van der Waals surface area contributed by atoms with Gasteiger partial charge in [-0.05, 0) is 25.0 Å². The molecule has 1 aromatic rings. The van der Waals surface area contributed by atoms with E-state index < -0.39 is 11.0 Å². The van der Waals surface area contributed by atoms with Gasteiger partial charge in [-0.1, -0.05) is 25.8 Å². The summed E-state index contributed by atoms with van der Waals surface area (Å²) in [6.07, 6.45) is 2.37. The SMILES string of the molecule is CCCCC(N)C(=O)Nc1ccc(C)cc1[N+](=O)[O-]. The summed E-state index contributed by atoms with van der Waals surface area (Å²) < 4.78 is 0. The molecule has 0 aliphatic carbocycles. The average Bonchev–Trinajstić information content (AvgIpc) is 2.37. The highest BCUT2D eigenvalue weighted by atomic mass is 16.6. The lowest BCUT2D eigenvalue weighted by Gasteiger charge is -2.12. The molecule has 1 rings (SSSR count). The second-order valence-corrected chi connectivity index (χ2v) is 4.52. The zero-order valence-electron chi connectivity index (χ0n) is 11.2. The van der Waals surface area contributed by atoms with Crippen LogP contribution in [0.25, 0.3) is 0 Å². The summed E-state index contributed by atoms with van der Waals surface area (Å²) in [6.45, 7) is 3.76. The van der Waals surface area contributed by atoms with Gasteiger partial charge >= 0.3 is 0 Å². The summed E-state index contributed by atoms with van der Waals surface area (Å²) in [5, 5.41) is 13.4. The number of hydrogen-bond acceptors (Lipinski definition) is 4. The fourth-order valence-corrected chi connectivity index (χ4v) is 1.68. The second-order valence-electron chi connectivity index (χ2n) is 4.52. The fourth-order valence-electron chi connectivity index (χ4n) is 1.68. The van der Waals surface area contributed by atoms with E-state index in [4.69, 9.17) is 5.73 Å². The molecular formula is C13H19N3O3. The molecule has 0 aliphatic heterocycles. The first kappa shape index (κ1) is 15.1. The van der Waals surface area contributed by atoms with Crippen molar-refractivity contribution in [2.75, 3.05) is 5.32 Å². The molecule has 19 heavy (non-hydrogen) atoms. The Morgan fingerprint density at radius 2 is 2.21 bits per heavy atom. The predicted molar refractivity (Wildman–Crippen MR) is 74.0 cm³/mol. The Kier molecular flexibility index (Phi) is 5.44. The summed E-state index contributed by atoms with van der Waals surface area (Å²) in [7, 11) is 0. The highest BCUT2D eigenvalue weighted by molar-refractivity contribution is 5.96. The van der Waals surface area contributed by atoms with E-state index in [0.29, 0.717) is 6.42 Å². The van der Waals surface area contributed by atoms with Crippen molar-refractivity contribution in [3.05, 3.63) is 33.9 Å². The van der Waals surface area contributed by atoms with Crippen LogP contribution in [0.1, 0.15) is 31.7 Å². The number of nitrogens with one attached hydrogen (secondary N) is 1. The summed E-state index contributed by atoms with van der Waals surface area (Å²) in [5.74, 6) is -0.389. The number of benzene rings is 1. The molecule has 1 aromatic carbocycles. The topological polar surface area (TPSA) is 98.3 Å². The number of nitro benzene ring substituents is 1. The molecule has 1 atom stereocenters. The maximum absolute atomic E-state index is 11.8. The van der Waals surface area contributed by atoms with Gasteiger partial charge < -0.3 is 11.1 Å². The molecule has 3 N–H and O–H groups in total. The quantitative estimate of drug-likeness (QED) is 0.609. The molecule has 1 unspecified atom stereocenters. The third kappa shape index (κ3) is 4.33. The summed E-state index contributed by atoms with van der Waals surface area (Å²) in [5.41, 5.74) is 6.56. The molecule has 0 spiro atoms. The molecule has 0 radical (unpaired) electrons. The molecule has 104 valence electrons. The smallest absolute Gasteiger partial charge is 0.293 e. The van der Waals surface area contributed by atoms with Gasteiger partial charge in [0.25, 0.3) is 5.69 Å². The first-order valence-corrected chi connectivity index (χ1v) is 6.27. The Balaban J connectivity index is 2.81. The standard InChI is InChI=1S/C13H19N3O3/c1-3-4-5-10(14)13(17)15-11-7-6-9(2)8-12(11)16(18)19/h6-8,10H,3-5,14H2,1-2H3,(H,15,17). The summed E-state index contributed by atoms with van der Waals surface area (Å²) >= 11 is 0. The number of amides is 1. The van der Waals surface area contributed by atoms with Gasteiger partial charge in [-0.15, -0.1) is 0 Å². The van der Waals surface area contributed by atoms with Crippen molar-refractivity contribution in [1.29, 1.82) is 0 Å². The zero-order valence-corrected chi connectivity index (χ0v) is 11.2. The van der Waals surface area contributed by atoms with E-state index in [9.17, 15) is 14.9 Å². The van der Waals surface area contributed by atoms with Crippen molar-refractivity contribution in [2.24, 2.45) is 5.73 Å². The van der Waals surface area contributed by atoms with Crippen LogP contribution in [-0.2, 0) is 4.79 Å². The van der Waals surface area contributed by atoms with E-state index >= 15 is 0 Å². The monoisotopic (exact) mass is 265 g/mol. The number of carbonyl (C=O) groups is 1. The van der Waals surface area contributed by atoms with E-state index in [1.54, 1.807) is 13.0 Å². The molecule has 0 bridgehead atoms. The van der Waals surface area contributed by atoms with Gasteiger partial charge in [0.2, 0.25) is 5.91 Å². The Labute approximate surface area is 112 Å². The molecule has 0 aliphatic rings. The largest absolute Gasteiger partial charge is 0.320 e. The third-order valence-corrected chi connectivity index (χ3v) is 2.81. The van der Waals surface area contributed by atoms with E-state index in [0.717, 1.165) is 18.4 Å². The van der Waals surface area contributed by atoms with Gasteiger partial charge in [0.15, 0.2) is 0 Å². The van der Waals surface area contributed by atoms with Crippen LogP contribution in [0.5, 0.6) is 0 Å². The first-order valence-electron chi connectivity index (χ1n) is 6.27. The highest BCUT2D eigenvalue weighted by Gasteiger charge is 2.19. The highest BCUT2D eigenvalue weighted by Crippen LogP contribution is 2.25. The van der Waals surface area contributed by atoms with E-state index in [-0.39, 0.29) is 17.3 Å². The molecule has 1 amide bonds. The molecule has 6 nitrogen and oxygen atoms in total. The van der Waals surface area contributed by atoms with Gasteiger partial charge in [0.1, 0.15) is 5.69 Å². The lowest BCUT2D eigenvalue weighted by Crippen LogP contribution is -2.35. The van der Waals surface area contributed by atoms with Crippen LogP contribution < -0.4 is 11.1 Å². The normalized spacial score (nSPS) is 11.9. The number of anilines is 1. The average molecular weight is 265 g/mol. The van der Waals surface area contributed by atoms with Gasteiger partial charge in [0.05, 0.1) is 11.0 Å². The maximum Gasteiger partial charge on any atom is 0.293 e. The van der Waals surface area contributed by atoms with Gasteiger partial charge in [-0.25, -0.2) is 0 Å². The fraction of sp³-hybridized carbons (Fsp3) is 0.462. The molecule has 0 saturated carbocycles. The van der Waals surface area contributed by atoms with Crippen LogP contribution in [0.3, 0.4) is 0 Å². The number of nitro groups is 1. The zero-order chi connectivity index (χ0) is 14.4. The van der Waals surface area contributed by atoms with Crippen LogP contribution in [0.15, 0.2) is 18.2 Å². The molecule has 0 fully saturated rings. The number of rotatable bonds is 6. The minimum absolute atomic E-state index is 0.115. The summed E-state index contributed by atoms with van der Waals surface area (Å²) in [4.78, 5) is 22.2. The van der Waals surface area contributed by atoms with Gasteiger partial charge in [-0.3, -0.25) is 14.9 Å². The van der Waals surface area contributed by atoms with Crippen molar-refractivity contribution in [3.8, 4) is 0 Å². The Hall–Kier alpha value is -1.95. The van der Waals surface area contributed by atoms with Gasteiger partial charge in [-0.2, -0.15) is 0 Å². The molecular weight excluding hydrogens is 246 g/mol. The maximum atomic E-state index is 11.8. The number of nitrogens with two attached hydrogens (primary N) is 1. The Morgan fingerprint density at radius 3 is 2.79 bits per heavy atom. The molecule has 0 heterocycles. The Bertz CT molecular complexity index is 474. The predicted octanol–water partition coefficient (Wildman–Crippen LogP) is 2.36. The van der Waals surface area contributed by atoms with Crippen molar-refractivity contribution < 1.29 is 9.72 Å². The van der Waals surface area contributed by atoms with Crippen molar-refractivity contribution in [3.63, 3.8) is 0 Å². The Morgan fingerprint density at radius 1 is 1.53 bits per heavy atom. The van der Waals surface area contributed by atoms with E-state index in [1.165, 1.54) is 12.1 Å². The number of nitrogens with zero attached hydrogens (tertiary/aromatic N) is 1. The molecule has 0 saturated heterocycles. The van der Waals surface area contributed by atoms with Crippen molar-refractivity contribution in [2.45, 2.75) is 39.2 Å². The lowest BCUT2D eigenvalue weighted by molar-refractivity contribution is -0.384. The minimum Gasteiger partial charge on any atom is -0.320 e. The number of hydrogen-bond donors (Lipinski definition) is 2. The lowest BCUT2D eigenvalue weighted by atomic mass is 10.1. The number of aryl methyl sites for hydroxylation is 1. The van der Waals surface area contributed by atoms with Crippen LogP contribution in [-0.4, -0.2) is 16.9 Å². The van der Waals surface area contributed by atoms with Crippen LogP contribution in [0.2, 0.25) is 0 Å². The minimum atomic E-state index is -0.638. The molecule has 6 heteroatoms.